The molecule has 1 heterocycles. The molecule has 1 aliphatic carbocycles. The van der Waals surface area contributed by atoms with E-state index in [2.05, 4.69) is 5.29 Å². The van der Waals surface area contributed by atoms with E-state index in [1.807, 2.05) is 60.7 Å². The summed E-state index contributed by atoms with van der Waals surface area (Å²) in [5, 5.41) is 5.06. The molecular formula is C20H20N2O2. The van der Waals surface area contributed by atoms with Gasteiger partial charge in [0.15, 0.2) is 0 Å². The van der Waals surface area contributed by atoms with Crippen LogP contribution in [-0.4, -0.2) is 10.8 Å². The number of hydrogen-bond acceptors (Lipinski definition) is 3. The van der Waals surface area contributed by atoms with Gasteiger partial charge in [0.25, 0.3) is 0 Å². The molecule has 0 N–H and O–H groups in total. The molecule has 0 spiro atoms. The minimum absolute atomic E-state index is 0.135. The lowest BCUT2D eigenvalue weighted by Gasteiger charge is -2.49. The molecule has 122 valence electrons. The van der Waals surface area contributed by atoms with Gasteiger partial charge in [-0.1, -0.05) is 67.1 Å². The van der Waals surface area contributed by atoms with Gasteiger partial charge in [-0.3, -0.25) is 4.79 Å². The van der Waals surface area contributed by atoms with E-state index in [0.717, 1.165) is 30.4 Å². The minimum atomic E-state index is -0.266. The van der Waals surface area contributed by atoms with Crippen molar-refractivity contribution in [2.45, 2.75) is 31.3 Å². The van der Waals surface area contributed by atoms with Crippen LogP contribution in [0.2, 0.25) is 0 Å². The molecule has 4 heteroatoms. The highest BCUT2D eigenvalue weighted by Gasteiger charge is 2.51. The van der Waals surface area contributed by atoms with Crippen molar-refractivity contribution in [2.24, 2.45) is 17.1 Å². The first kappa shape index (κ1) is 15.1. The largest absolute Gasteiger partial charge is 0.299 e. The summed E-state index contributed by atoms with van der Waals surface area (Å²) in [5.41, 5.74) is 1.99. The second kappa shape index (κ2) is 6.19. The maximum atomic E-state index is 13.1. The summed E-state index contributed by atoms with van der Waals surface area (Å²) in [7, 11) is 0. The standard InChI is InChI=1S/C20H20N2O2/c23-20-16-12-7-13-17(20)19(15-10-5-2-6-11-15)22(21-24)18(16)14-8-3-1-4-9-14/h1-6,8-11,16-19H,7,12-13H2/t16-,17+,18+,19-. The maximum Gasteiger partial charge on any atom is 0.143 e. The van der Waals surface area contributed by atoms with E-state index >= 15 is 0 Å². The van der Waals surface area contributed by atoms with Crippen molar-refractivity contribution in [3.63, 3.8) is 0 Å². The summed E-state index contributed by atoms with van der Waals surface area (Å²) in [6, 6.07) is 19.2. The highest BCUT2D eigenvalue weighted by molar-refractivity contribution is 5.86. The van der Waals surface area contributed by atoms with Gasteiger partial charge in [-0.15, -0.1) is 4.91 Å². The number of benzene rings is 2. The highest BCUT2D eigenvalue weighted by atomic mass is 16.3. The summed E-state index contributed by atoms with van der Waals surface area (Å²) in [6.07, 6.45) is 2.70. The molecule has 4 rings (SSSR count). The second-order valence-electron chi connectivity index (χ2n) is 6.72. The lowest BCUT2D eigenvalue weighted by molar-refractivity contribution is -0.144. The first-order valence-corrected chi connectivity index (χ1v) is 8.56. The van der Waals surface area contributed by atoms with Crippen molar-refractivity contribution in [3.8, 4) is 0 Å². The molecule has 4 atom stereocenters. The zero-order chi connectivity index (χ0) is 16.5. The van der Waals surface area contributed by atoms with Crippen molar-refractivity contribution >= 4 is 5.78 Å². The average molecular weight is 320 g/mol. The van der Waals surface area contributed by atoms with E-state index in [0.29, 0.717) is 5.78 Å². The molecule has 2 aromatic carbocycles. The third kappa shape index (κ3) is 2.33. The summed E-state index contributed by atoms with van der Waals surface area (Å²) >= 11 is 0. The van der Waals surface area contributed by atoms with Gasteiger partial charge in [0.1, 0.15) is 5.78 Å². The number of nitroso groups, excluding NO2 is 1. The number of rotatable bonds is 3. The van der Waals surface area contributed by atoms with Crippen LogP contribution in [0, 0.1) is 16.7 Å². The predicted molar refractivity (Wildman–Crippen MR) is 91.8 cm³/mol. The maximum absolute atomic E-state index is 13.1. The van der Waals surface area contributed by atoms with Crippen LogP contribution in [0.15, 0.2) is 65.9 Å². The monoisotopic (exact) mass is 320 g/mol. The van der Waals surface area contributed by atoms with Crippen molar-refractivity contribution in [2.75, 3.05) is 0 Å². The Kier molecular flexibility index (Phi) is 3.89. The molecule has 2 aromatic rings. The number of ketones is 1. The summed E-state index contributed by atoms with van der Waals surface area (Å²) in [4.78, 5) is 24.9. The highest BCUT2D eigenvalue weighted by Crippen LogP contribution is 2.51. The Morgan fingerprint density at radius 1 is 0.792 bits per heavy atom. The fourth-order valence-corrected chi connectivity index (χ4v) is 4.46. The zero-order valence-corrected chi connectivity index (χ0v) is 13.4. The first-order chi connectivity index (χ1) is 11.8. The smallest absolute Gasteiger partial charge is 0.143 e. The van der Waals surface area contributed by atoms with Crippen LogP contribution < -0.4 is 0 Å². The molecule has 1 saturated carbocycles. The van der Waals surface area contributed by atoms with E-state index in [9.17, 15) is 9.70 Å². The average Bonchev–Trinajstić information content (AvgIpc) is 2.63. The Bertz CT molecular complexity index is 674. The van der Waals surface area contributed by atoms with E-state index in [1.54, 1.807) is 5.01 Å². The van der Waals surface area contributed by atoms with Crippen LogP contribution in [0.5, 0.6) is 0 Å². The third-order valence-electron chi connectivity index (χ3n) is 5.47. The van der Waals surface area contributed by atoms with Gasteiger partial charge in [-0.2, -0.15) is 0 Å². The number of Topliss-reactive ketones (excluding diaryl/α,β-unsaturated/α-hetero) is 1. The van der Waals surface area contributed by atoms with Crippen LogP contribution in [0.25, 0.3) is 0 Å². The Hall–Kier alpha value is -2.49. The quantitative estimate of drug-likeness (QED) is 0.785. The van der Waals surface area contributed by atoms with Crippen LogP contribution in [-0.2, 0) is 4.79 Å². The molecular weight excluding hydrogens is 300 g/mol. The van der Waals surface area contributed by atoms with Gasteiger partial charge in [-0.05, 0) is 24.0 Å². The van der Waals surface area contributed by atoms with E-state index in [4.69, 9.17) is 0 Å². The van der Waals surface area contributed by atoms with E-state index in [1.165, 1.54) is 0 Å². The number of fused-ring (bicyclic) bond motifs is 2. The molecule has 1 saturated heterocycles. The molecule has 1 aliphatic heterocycles. The molecule has 0 unspecified atom stereocenters. The fraction of sp³-hybridized carbons (Fsp3) is 0.350. The summed E-state index contributed by atoms with van der Waals surface area (Å²) < 4.78 is 0. The summed E-state index contributed by atoms with van der Waals surface area (Å²) in [5.74, 6) is 0.0245. The van der Waals surface area contributed by atoms with E-state index in [-0.39, 0.29) is 23.9 Å². The first-order valence-electron chi connectivity index (χ1n) is 8.56. The van der Waals surface area contributed by atoms with Gasteiger partial charge in [0, 0.05) is 11.8 Å². The number of nitrogens with zero attached hydrogens (tertiary/aromatic N) is 2. The molecule has 2 aliphatic rings. The van der Waals surface area contributed by atoms with Crippen LogP contribution >= 0.6 is 0 Å². The lowest BCUT2D eigenvalue weighted by atomic mass is 9.67. The topological polar surface area (TPSA) is 49.7 Å². The minimum Gasteiger partial charge on any atom is -0.299 e. The van der Waals surface area contributed by atoms with Gasteiger partial charge < -0.3 is 0 Å². The SMILES string of the molecule is O=NN1[C@H](c2ccccc2)[C@@H]2CCC[C@@H](C2=O)[C@@H]1c1ccccc1. The van der Waals surface area contributed by atoms with Crippen molar-refractivity contribution in [1.29, 1.82) is 0 Å². The van der Waals surface area contributed by atoms with Gasteiger partial charge >= 0.3 is 0 Å². The Morgan fingerprint density at radius 3 is 1.67 bits per heavy atom. The number of piperidine rings is 1. The Labute approximate surface area is 141 Å². The van der Waals surface area contributed by atoms with E-state index < -0.39 is 0 Å². The van der Waals surface area contributed by atoms with Crippen molar-refractivity contribution < 1.29 is 4.79 Å². The van der Waals surface area contributed by atoms with Gasteiger partial charge in [0.05, 0.1) is 17.4 Å². The third-order valence-corrected chi connectivity index (χ3v) is 5.47. The van der Waals surface area contributed by atoms with Crippen LogP contribution in [0.3, 0.4) is 0 Å². The summed E-state index contributed by atoms with van der Waals surface area (Å²) in [6.45, 7) is 0. The van der Waals surface area contributed by atoms with Crippen LogP contribution in [0.1, 0.15) is 42.5 Å². The molecule has 0 aromatic heterocycles. The normalized spacial score (nSPS) is 29.3. The van der Waals surface area contributed by atoms with Crippen LogP contribution in [0.4, 0.5) is 0 Å². The Morgan fingerprint density at radius 2 is 1.25 bits per heavy atom. The molecule has 4 nitrogen and oxygen atoms in total. The second-order valence-corrected chi connectivity index (χ2v) is 6.72. The Balaban J connectivity index is 1.84. The van der Waals surface area contributed by atoms with Crippen molar-refractivity contribution in [3.05, 3.63) is 76.7 Å². The number of carbonyl (C=O) groups excluding carboxylic acids is 1. The molecule has 24 heavy (non-hydrogen) atoms. The van der Waals surface area contributed by atoms with Crippen molar-refractivity contribution in [1.82, 2.24) is 5.01 Å². The van der Waals surface area contributed by atoms with Gasteiger partial charge in [-0.25, -0.2) is 5.01 Å². The molecule has 2 fully saturated rings. The lowest BCUT2D eigenvalue weighted by Crippen LogP contribution is -2.50. The number of hydrogen-bond donors (Lipinski definition) is 0. The fourth-order valence-electron chi connectivity index (χ4n) is 4.46. The molecule has 0 radical (unpaired) electrons. The molecule has 2 bridgehead atoms. The predicted octanol–water partition coefficient (Wildman–Crippen LogP) is 4.45. The number of carbonyl (C=O) groups is 1. The molecule has 0 amide bonds. The zero-order valence-electron chi connectivity index (χ0n) is 13.4. The van der Waals surface area contributed by atoms with Gasteiger partial charge in [0.2, 0.25) is 0 Å².